The van der Waals surface area contributed by atoms with Crippen LogP contribution in [0.5, 0.6) is 5.75 Å². The van der Waals surface area contributed by atoms with E-state index in [1.165, 1.54) is 12.0 Å². The van der Waals surface area contributed by atoms with Crippen LogP contribution in [0.25, 0.3) is 0 Å². The Kier molecular flexibility index (Phi) is 10.6. The van der Waals surface area contributed by atoms with Gasteiger partial charge in [-0.15, -0.1) is 0 Å². The van der Waals surface area contributed by atoms with E-state index >= 15 is 0 Å². The van der Waals surface area contributed by atoms with Crippen LogP contribution in [0.3, 0.4) is 0 Å². The maximum atomic E-state index is 14.3. The molecule has 3 aromatic carbocycles. The lowest BCUT2D eigenvalue weighted by Crippen LogP contribution is -2.55. The number of hydrogen-bond acceptors (Lipinski definition) is 5. The number of aryl methyl sites for hydroxylation is 1. The molecule has 0 heterocycles. The molecule has 0 bridgehead atoms. The van der Waals surface area contributed by atoms with Gasteiger partial charge in [0.2, 0.25) is 21.8 Å². The molecule has 1 aliphatic carbocycles. The fourth-order valence-corrected chi connectivity index (χ4v) is 6.39. The van der Waals surface area contributed by atoms with Gasteiger partial charge in [-0.1, -0.05) is 91.6 Å². The quantitative estimate of drug-likeness (QED) is 0.325. The molecule has 1 saturated carbocycles. The number of anilines is 1. The summed E-state index contributed by atoms with van der Waals surface area (Å²) in [5.74, 6) is -0.376. The summed E-state index contributed by atoms with van der Waals surface area (Å²) in [6, 6.07) is 23.3. The Morgan fingerprint density at radius 2 is 1.60 bits per heavy atom. The summed E-state index contributed by atoms with van der Waals surface area (Å²) in [5.41, 5.74) is 3.05. The van der Waals surface area contributed by atoms with E-state index < -0.39 is 28.5 Å². The van der Waals surface area contributed by atoms with E-state index in [1.807, 2.05) is 61.5 Å². The molecule has 0 spiro atoms. The molecule has 0 saturated heterocycles. The molecule has 0 radical (unpaired) electrons. The molecule has 1 aliphatic rings. The minimum atomic E-state index is -3.88. The van der Waals surface area contributed by atoms with E-state index in [-0.39, 0.29) is 24.2 Å². The highest BCUT2D eigenvalue weighted by Crippen LogP contribution is 2.30. The van der Waals surface area contributed by atoms with E-state index in [9.17, 15) is 18.0 Å². The largest absolute Gasteiger partial charge is 0.495 e. The number of nitrogens with one attached hydrogen (secondary N) is 1. The summed E-state index contributed by atoms with van der Waals surface area (Å²) in [4.78, 5) is 29.8. The lowest BCUT2D eigenvalue weighted by Gasteiger charge is -2.35. The van der Waals surface area contributed by atoms with Crippen molar-refractivity contribution in [1.82, 2.24) is 10.2 Å². The summed E-state index contributed by atoms with van der Waals surface area (Å²) in [5, 5.41) is 3.22. The Morgan fingerprint density at radius 1 is 0.929 bits per heavy atom. The zero-order chi connectivity index (χ0) is 30.1. The molecule has 2 amide bonds. The zero-order valence-electron chi connectivity index (χ0n) is 24.7. The molecule has 0 unspecified atom stereocenters. The lowest BCUT2D eigenvalue weighted by atomic mass is 9.94. The number of amides is 2. The molecule has 3 aromatic rings. The Labute approximate surface area is 249 Å². The first-order valence-corrected chi connectivity index (χ1v) is 16.3. The second kappa shape index (κ2) is 14.4. The van der Waals surface area contributed by atoms with Gasteiger partial charge in [0.15, 0.2) is 0 Å². The molecular formula is C33H41N3O5S. The standard InChI is InChI=1S/C33H41N3O5S/c1-25-13-12-16-27(21-25)23-35(32(37)24-36(42(3,39)40)29-19-10-11-20-31(29)41-2)30(22-26-14-6-4-7-15-26)33(38)34-28-17-8-5-9-18-28/h4,6-7,10-16,19-21,28,30H,5,8-9,17-18,22-24H2,1-3H3,(H,34,38)/t30-/m0/s1. The predicted molar refractivity (Wildman–Crippen MR) is 166 cm³/mol. The summed E-state index contributed by atoms with van der Waals surface area (Å²) in [6.45, 7) is 1.65. The summed E-state index contributed by atoms with van der Waals surface area (Å²) >= 11 is 0. The number of nitrogens with zero attached hydrogens (tertiary/aromatic N) is 2. The van der Waals surface area contributed by atoms with Crippen molar-refractivity contribution >= 4 is 27.5 Å². The van der Waals surface area contributed by atoms with Crippen molar-refractivity contribution in [1.29, 1.82) is 0 Å². The minimum Gasteiger partial charge on any atom is -0.495 e. The van der Waals surface area contributed by atoms with Crippen molar-refractivity contribution in [2.45, 2.75) is 64.1 Å². The number of benzene rings is 3. The van der Waals surface area contributed by atoms with Gasteiger partial charge in [0.25, 0.3) is 0 Å². The van der Waals surface area contributed by atoms with Crippen molar-refractivity contribution < 1.29 is 22.7 Å². The topological polar surface area (TPSA) is 96.0 Å². The number of rotatable bonds is 12. The first kappa shape index (κ1) is 31.1. The molecule has 0 aliphatic heterocycles. The number of para-hydroxylation sites is 2. The average molecular weight is 592 g/mol. The maximum absolute atomic E-state index is 14.3. The van der Waals surface area contributed by atoms with Crippen LogP contribution in [0.1, 0.15) is 48.8 Å². The monoisotopic (exact) mass is 591 g/mol. The van der Waals surface area contributed by atoms with Gasteiger partial charge < -0.3 is 15.0 Å². The fourth-order valence-electron chi connectivity index (χ4n) is 5.54. The lowest BCUT2D eigenvalue weighted by molar-refractivity contribution is -0.140. The van der Waals surface area contributed by atoms with Gasteiger partial charge in [0, 0.05) is 19.0 Å². The average Bonchev–Trinajstić information content (AvgIpc) is 2.98. The molecule has 4 rings (SSSR count). The summed E-state index contributed by atoms with van der Waals surface area (Å²) < 4.78 is 32.6. The molecule has 9 heteroatoms. The van der Waals surface area contributed by atoms with Gasteiger partial charge in [-0.25, -0.2) is 8.42 Å². The van der Waals surface area contributed by atoms with E-state index in [1.54, 1.807) is 24.3 Å². The van der Waals surface area contributed by atoms with Gasteiger partial charge >= 0.3 is 0 Å². The Balaban J connectivity index is 1.74. The van der Waals surface area contributed by atoms with Crippen LogP contribution in [0.15, 0.2) is 78.9 Å². The molecule has 224 valence electrons. The van der Waals surface area contributed by atoms with Gasteiger partial charge in [0.05, 0.1) is 19.1 Å². The third-order valence-corrected chi connectivity index (χ3v) is 8.82. The molecule has 8 nitrogen and oxygen atoms in total. The van der Waals surface area contributed by atoms with Crippen LogP contribution in [0.4, 0.5) is 5.69 Å². The normalized spacial score (nSPS) is 14.5. The number of carbonyl (C=O) groups is 2. The molecule has 42 heavy (non-hydrogen) atoms. The Hall–Kier alpha value is -3.85. The highest BCUT2D eigenvalue weighted by molar-refractivity contribution is 7.92. The second-order valence-corrected chi connectivity index (χ2v) is 12.9. The molecule has 0 aromatic heterocycles. The van der Waals surface area contributed by atoms with Crippen molar-refractivity contribution in [3.8, 4) is 5.75 Å². The number of carbonyl (C=O) groups excluding carboxylic acids is 2. The highest BCUT2D eigenvalue weighted by Gasteiger charge is 2.34. The summed E-state index contributed by atoms with van der Waals surface area (Å²) in [6.07, 6.45) is 6.45. The Bertz CT molecular complexity index is 1460. The number of ether oxygens (including phenoxy) is 1. The molecule has 1 atom stereocenters. The van der Waals surface area contributed by atoms with Crippen LogP contribution in [-0.4, -0.2) is 57.1 Å². The van der Waals surface area contributed by atoms with Crippen molar-refractivity contribution in [3.05, 3.63) is 95.6 Å². The minimum absolute atomic E-state index is 0.0570. The number of hydrogen-bond donors (Lipinski definition) is 1. The van der Waals surface area contributed by atoms with E-state index in [0.717, 1.165) is 59.4 Å². The molecule has 1 N–H and O–H groups in total. The van der Waals surface area contributed by atoms with Gasteiger partial charge in [-0.05, 0) is 43.0 Å². The second-order valence-electron chi connectivity index (χ2n) is 11.0. The Morgan fingerprint density at radius 3 is 2.26 bits per heavy atom. The van der Waals surface area contributed by atoms with Gasteiger partial charge in [0.1, 0.15) is 18.3 Å². The fraction of sp³-hybridized carbons (Fsp3) is 0.394. The van der Waals surface area contributed by atoms with Gasteiger partial charge in [-0.3, -0.25) is 13.9 Å². The van der Waals surface area contributed by atoms with Crippen LogP contribution in [0.2, 0.25) is 0 Å². The first-order valence-electron chi connectivity index (χ1n) is 14.5. The number of methoxy groups -OCH3 is 1. The van der Waals surface area contributed by atoms with Crippen molar-refractivity contribution in [3.63, 3.8) is 0 Å². The van der Waals surface area contributed by atoms with Crippen LogP contribution >= 0.6 is 0 Å². The van der Waals surface area contributed by atoms with Crippen LogP contribution in [0, 0.1) is 6.92 Å². The third kappa shape index (κ3) is 8.35. The van der Waals surface area contributed by atoms with E-state index in [2.05, 4.69) is 5.32 Å². The first-order chi connectivity index (χ1) is 20.2. The number of sulfonamides is 1. The predicted octanol–water partition coefficient (Wildman–Crippen LogP) is 4.86. The summed E-state index contributed by atoms with van der Waals surface area (Å²) in [7, 11) is -2.43. The molecule has 1 fully saturated rings. The molecular weight excluding hydrogens is 550 g/mol. The SMILES string of the molecule is COc1ccccc1N(CC(=O)N(Cc1cccc(C)c1)[C@@H](Cc1ccccc1)C(=O)NC1CCCCC1)S(C)(=O)=O. The highest BCUT2D eigenvalue weighted by atomic mass is 32.2. The third-order valence-electron chi connectivity index (χ3n) is 7.69. The van der Waals surface area contributed by atoms with Crippen LogP contribution in [-0.2, 0) is 32.6 Å². The zero-order valence-corrected chi connectivity index (χ0v) is 25.5. The van der Waals surface area contributed by atoms with Gasteiger partial charge in [-0.2, -0.15) is 0 Å². The smallest absolute Gasteiger partial charge is 0.244 e. The van der Waals surface area contributed by atoms with Crippen molar-refractivity contribution in [2.75, 3.05) is 24.2 Å². The van der Waals surface area contributed by atoms with Crippen LogP contribution < -0.4 is 14.4 Å². The van der Waals surface area contributed by atoms with E-state index in [4.69, 9.17) is 4.74 Å². The maximum Gasteiger partial charge on any atom is 0.244 e. The van der Waals surface area contributed by atoms with Crippen molar-refractivity contribution in [2.24, 2.45) is 0 Å². The van der Waals surface area contributed by atoms with E-state index in [0.29, 0.717) is 12.2 Å².